The average molecular weight is 459 g/mol. The van der Waals surface area contributed by atoms with Gasteiger partial charge in [0.2, 0.25) is 0 Å². The molecule has 7 nitrogen and oxygen atoms in total. The van der Waals surface area contributed by atoms with E-state index in [1.807, 2.05) is 0 Å². The molecule has 176 valence electrons. The predicted octanol–water partition coefficient (Wildman–Crippen LogP) is 2.48. The molecule has 0 aliphatic carbocycles. The summed E-state index contributed by atoms with van der Waals surface area (Å²) in [6.07, 6.45) is 2.10. The van der Waals surface area contributed by atoms with Crippen LogP contribution in [-0.4, -0.2) is 63.2 Å². The lowest BCUT2D eigenvalue weighted by molar-refractivity contribution is -0.136. The van der Waals surface area contributed by atoms with Crippen molar-refractivity contribution in [1.82, 2.24) is 10.2 Å². The zero-order valence-electron chi connectivity index (χ0n) is 18.6. The Labute approximate surface area is 191 Å². The number of carbonyl (C=O) groups is 2. The molecule has 0 radical (unpaired) electrons. The molecule has 2 amide bonds. The fraction of sp³-hybridized carbons (Fsp3) is 0.417. The van der Waals surface area contributed by atoms with E-state index in [4.69, 9.17) is 4.74 Å². The Hall–Kier alpha value is -3.04. The topological polar surface area (TPSA) is 73.9 Å². The lowest BCUT2D eigenvalue weighted by Crippen LogP contribution is -2.45. The second-order valence-corrected chi connectivity index (χ2v) is 8.37. The number of nitrogens with one attached hydrogen (secondary N) is 2. The van der Waals surface area contributed by atoms with Gasteiger partial charge in [-0.2, -0.15) is 0 Å². The average Bonchev–Trinajstić information content (AvgIpc) is 2.82. The van der Waals surface area contributed by atoms with Crippen molar-refractivity contribution >= 4 is 23.2 Å². The summed E-state index contributed by atoms with van der Waals surface area (Å²) in [6.45, 7) is 3.92. The summed E-state index contributed by atoms with van der Waals surface area (Å²) in [7, 11) is 2.09. The second-order valence-electron chi connectivity index (χ2n) is 8.37. The monoisotopic (exact) mass is 458 g/mol. The Kier molecular flexibility index (Phi) is 7.20. The highest BCUT2D eigenvalue weighted by Crippen LogP contribution is 2.31. The van der Waals surface area contributed by atoms with Crippen LogP contribution in [0.15, 0.2) is 36.4 Å². The Bertz CT molecular complexity index is 1030. The Morgan fingerprint density at radius 3 is 2.58 bits per heavy atom. The summed E-state index contributed by atoms with van der Waals surface area (Å²) in [5.74, 6) is -3.90. The van der Waals surface area contributed by atoms with E-state index in [0.717, 1.165) is 50.2 Å². The van der Waals surface area contributed by atoms with Gasteiger partial charge >= 0.3 is 11.8 Å². The smallest absolute Gasteiger partial charge is 0.313 e. The molecular weight excluding hydrogens is 430 g/mol. The molecule has 2 heterocycles. The van der Waals surface area contributed by atoms with Gasteiger partial charge in [-0.15, -0.1) is 0 Å². The number of rotatable bonds is 5. The van der Waals surface area contributed by atoms with E-state index in [1.165, 1.54) is 17.3 Å². The lowest BCUT2D eigenvalue weighted by atomic mass is 9.95. The lowest BCUT2D eigenvalue weighted by Gasteiger charge is -2.36. The summed E-state index contributed by atoms with van der Waals surface area (Å²) < 4.78 is 31.9. The van der Waals surface area contributed by atoms with E-state index in [9.17, 15) is 18.4 Å². The second kappa shape index (κ2) is 10.3. The quantitative estimate of drug-likeness (QED) is 0.674. The molecule has 2 aromatic carbocycles. The van der Waals surface area contributed by atoms with Crippen LogP contribution in [0, 0.1) is 11.6 Å². The van der Waals surface area contributed by atoms with Crippen molar-refractivity contribution in [2.24, 2.45) is 0 Å². The molecule has 2 aliphatic heterocycles. The van der Waals surface area contributed by atoms with Gasteiger partial charge in [-0.3, -0.25) is 14.5 Å². The van der Waals surface area contributed by atoms with Crippen LogP contribution in [-0.2, 0) is 20.7 Å². The summed E-state index contributed by atoms with van der Waals surface area (Å²) in [5.41, 5.74) is 3.59. The normalized spacial score (nSPS) is 17.2. The molecule has 2 aliphatic rings. The van der Waals surface area contributed by atoms with Gasteiger partial charge < -0.3 is 20.3 Å². The predicted molar refractivity (Wildman–Crippen MR) is 121 cm³/mol. The fourth-order valence-electron chi connectivity index (χ4n) is 4.39. The Morgan fingerprint density at radius 1 is 1.03 bits per heavy atom. The van der Waals surface area contributed by atoms with E-state index < -0.39 is 23.4 Å². The van der Waals surface area contributed by atoms with E-state index >= 15 is 0 Å². The molecule has 1 saturated heterocycles. The highest BCUT2D eigenvalue weighted by Gasteiger charge is 2.26. The van der Waals surface area contributed by atoms with Crippen LogP contribution >= 0.6 is 0 Å². The first kappa shape index (κ1) is 23.1. The van der Waals surface area contributed by atoms with Gasteiger partial charge in [-0.05, 0) is 42.2 Å². The third kappa shape index (κ3) is 5.48. The number of carbonyl (C=O) groups excluding carboxylic acids is 2. The van der Waals surface area contributed by atoms with Crippen molar-refractivity contribution in [3.63, 3.8) is 0 Å². The Balaban J connectivity index is 1.46. The third-order valence-corrected chi connectivity index (χ3v) is 6.17. The molecule has 0 spiro atoms. The number of benzene rings is 2. The van der Waals surface area contributed by atoms with Gasteiger partial charge in [0.05, 0.1) is 19.3 Å². The molecule has 9 heteroatoms. The molecule has 4 rings (SSSR count). The highest BCUT2D eigenvalue weighted by atomic mass is 19.2. The first-order valence-corrected chi connectivity index (χ1v) is 11.1. The minimum Gasteiger partial charge on any atom is -0.379 e. The van der Waals surface area contributed by atoms with Crippen LogP contribution in [0.2, 0.25) is 0 Å². The fourth-order valence-corrected chi connectivity index (χ4v) is 4.39. The number of morpholine rings is 1. The number of aryl methyl sites for hydroxylation is 1. The maximum atomic E-state index is 13.4. The maximum Gasteiger partial charge on any atom is 0.313 e. The molecule has 0 aromatic heterocycles. The summed E-state index contributed by atoms with van der Waals surface area (Å²) in [5, 5.41) is 5.00. The standard InChI is InChI=1S/C24H28F2N4O3/c1-29-8-2-3-16-13-17(4-7-21(16)29)22(30-9-11-33-12-10-30)15-27-23(31)24(32)28-18-5-6-19(25)20(26)14-18/h4-7,13-14,22H,2-3,8-12,15H2,1H3,(H,27,31)(H,28,32). The largest absolute Gasteiger partial charge is 0.379 e. The number of hydrogen-bond donors (Lipinski definition) is 2. The van der Waals surface area contributed by atoms with Crippen LogP contribution in [0.4, 0.5) is 20.2 Å². The van der Waals surface area contributed by atoms with Crippen molar-refractivity contribution in [1.29, 1.82) is 0 Å². The van der Waals surface area contributed by atoms with Gasteiger partial charge in [-0.25, -0.2) is 8.78 Å². The minimum absolute atomic E-state index is 0.0117. The molecule has 2 aromatic rings. The first-order valence-electron chi connectivity index (χ1n) is 11.1. The number of anilines is 2. The third-order valence-electron chi connectivity index (χ3n) is 6.17. The number of nitrogens with zero attached hydrogens (tertiary/aromatic N) is 2. The molecule has 0 bridgehead atoms. The summed E-state index contributed by atoms with van der Waals surface area (Å²) in [6, 6.07) is 9.20. The van der Waals surface area contributed by atoms with E-state index in [2.05, 4.69) is 45.7 Å². The number of fused-ring (bicyclic) bond motifs is 1. The van der Waals surface area contributed by atoms with Crippen molar-refractivity contribution in [2.45, 2.75) is 18.9 Å². The number of amides is 2. The van der Waals surface area contributed by atoms with Crippen LogP contribution in [0.3, 0.4) is 0 Å². The number of halogens is 2. The minimum atomic E-state index is -1.10. The Morgan fingerprint density at radius 2 is 1.82 bits per heavy atom. The van der Waals surface area contributed by atoms with Gasteiger partial charge in [0, 0.05) is 50.7 Å². The van der Waals surface area contributed by atoms with Crippen LogP contribution in [0.1, 0.15) is 23.6 Å². The molecule has 1 fully saturated rings. The molecule has 2 N–H and O–H groups in total. The van der Waals surface area contributed by atoms with Crippen molar-refractivity contribution in [2.75, 3.05) is 56.7 Å². The van der Waals surface area contributed by atoms with Crippen LogP contribution in [0.25, 0.3) is 0 Å². The molecule has 1 unspecified atom stereocenters. The summed E-state index contributed by atoms with van der Waals surface area (Å²) in [4.78, 5) is 29.2. The molecule has 33 heavy (non-hydrogen) atoms. The number of hydrogen-bond acceptors (Lipinski definition) is 5. The molecular formula is C24H28F2N4O3. The van der Waals surface area contributed by atoms with Crippen molar-refractivity contribution < 1.29 is 23.1 Å². The summed E-state index contributed by atoms with van der Waals surface area (Å²) >= 11 is 0. The molecule has 0 saturated carbocycles. The van der Waals surface area contributed by atoms with Crippen LogP contribution < -0.4 is 15.5 Å². The van der Waals surface area contributed by atoms with Crippen molar-refractivity contribution in [3.8, 4) is 0 Å². The number of ether oxygens (including phenoxy) is 1. The van der Waals surface area contributed by atoms with Gasteiger partial charge in [0.1, 0.15) is 0 Å². The van der Waals surface area contributed by atoms with Gasteiger partial charge in [0.15, 0.2) is 11.6 Å². The van der Waals surface area contributed by atoms with Crippen LogP contribution in [0.5, 0.6) is 0 Å². The molecule has 1 atom stereocenters. The van der Waals surface area contributed by atoms with Gasteiger partial charge in [0.25, 0.3) is 0 Å². The SMILES string of the molecule is CN1CCCc2cc(C(CNC(=O)C(=O)Nc3ccc(F)c(F)c3)N3CCOCC3)ccc21. The zero-order valence-corrected chi connectivity index (χ0v) is 18.6. The zero-order chi connectivity index (χ0) is 23.4. The van der Waals surface area contributed by atoms with Crippen molar-refractivity contribution in [3.05, 3.63) is 59.2 Å². The van der Waals surface area contributed by atoms with E-state index in [1.54, 1.807) is 0 Å². The van der Waals surface area contributed by atoms with E-state index in [-0.39, 0.29) is 18.3 Å². The first-order chi connectivity index (χ1) is 15.9. The van der Waals surface area contributed by atoms with Gasteiger partial charge in [-0.1, -0.05) is 12.1 Å². The van der Waals surface area contributed by atoms with E-state index in [0.29, 0.717) is 13.2 Å². The maximum absolute atomic E-state index is 13.4. The highest BCUT2D eigenvalue weighted by molar-refractivity contribution is 6.39.